The van der Waals surface area contributed by atoms with Crippen LogP contribution >= 0.6 is 0 Å². The summed E-state index contributed by atoms with van der Waals surface area (Å²) in [5.74, 6) is -1.16. The van der Waals surface area contributed by atoms with E-state index in [-0.39, 0.29) is 31.5 Å². The first-order valence-electron chi connectivity index (χ1n) is 9.72. The average molecular weight is 380 g/mol. The van der Waals surface area contributed by atoms with E-state index in [9.17, 15) is 9.59 Å². The van der Waals surface area contributed by atoms with Gasteiger partial charge in [-0.1, -0.05) is 43.7 Å². The molecule has 0 heterocycles. The van der Waals surface area contributed by atoms with Crippen LogP contribution in [0.15, 0.2) is 30.3 Å². The molecule has 0 bridgehead atoms. The zero-order valence-corrected chi connectivity index (χ0v) is 16.2. The highest BCUT2D eigenvalue weighted by Gasteiger charge is 2.09. The van der Waals surface area contributed by atoms with Gasteiger partial charge in [0.15, 0.2) is 0 Å². The van der Waals surface area contributed by atoms with Crippen LogP contribution in [0.4, 0.5) is 0 Å². The molecule has 0 fully saturated rings. The van der Waals surface area contributed by atoms with E-state index in [0.717, 1.165) is 19.3 Å². The number of carboxylic acids is 1. The Balaban J connectivity index is 2.03. The number of benzene rings is 1. The van der Waals surface area contributed by atoms with Gasteiger partial charge in [0.2, 0.25) is 0 Å². The molecule has 1 aromatic carbocycles. The Hall–Kier alpha value is -1.92. The van der Waals surface area contributed by atoms with E-state index < -0.39 is 5.97 Å². The van der Waals surface area contributed by atoms with Crippen molar-refractivity contribution in [3.8, 4) is 0 Å². The van der Waals surface area contributed by atoms with Gasteiger partial charge in [-0.15, -0.1) is 0 Å². The van der Waals surface area contributed by atoms with Gasteiger partial charge in [0.1, 0.15) is 6.61 Å². The summed E-state index contributed by atoms with van der Waals surface area (Å²) in [6.45, 7) is 3.67. The predicted molar refractivity (Wildman–Crippen MR) is 103 cm³/mol. The quantitative estimate of drug-likeness (QED) is 0.348. The Kier molecular flexibility index (Phi) is 13.0. The van der Waals surface area contributed by atoms with Crippen molar-refractivity contribution >= 4 is 11.9 Å². The van der Waals surface area contributed by atoms with Crippen molar-refractivity contribution in [2.24, 2.45) is 0 Å². The second-order valence-electron chi connectivity index (χ2n) is 6.40. The maximum Gasteiger partial charge on any atom is 0.305 e. The highest BCUT2D eigenvalue weighted by molar-refractivity contribution is 5.69. The number of esters is 1. The molecule has 1 rings (SSSR count). The van der Waals surface area contributed by atoms with Crippen molar-refractivity contribution in [2.75, 3.05) is 26.4 Å². The summed E-state index contributed by atoms with van der Waals surface area (Å²) in [6.07, 6.45) is 4.50. The summed E-state index contributed by atoms with van der Waals surface area (Å²) in [5.41, 5.74) is 1.27. The maximum atomic E-state index is 11.5. The lowest BCUT2D eigenvalue weighted by molar-refractivity contribution is -0.146. The van der Waals surface area contributed by atoms with Crippen molar-refractivity contribution in [3.05, 3.63) is 35.9 Å². The van der Waals surface area contributed by atoms with Crippen LogP contribution in [0.2, 0.25) is 0 Å². The number of rotatable bonds is 16. The minimum Gasteiger partial charge on any atom is -0.481 e. The fraction of sp³-hybridized carbons (Fsp3) is 0.619. The van der Waals surface area contributed by atoms with Gasteiger partial charge >= 0.3 is 11.9 Å². The molecular formula is C21H32O6. The van der Waals surface area contributed by atoms with E-state index in [1.807, 2.05) is 18.2 Å². The molecule has 6 heteroatoms. The van der Waals surface area contributed by atoms with Gasteiger partial charge in [0.25, 0.3) is 0 Å². The van der Waals surface area contributed by atoms with E-state index >= 15 is 0 Å². The molecule has 1 N–H and O–H groups in total. The van der Waals surface area contributed by atoms with Crippen LogP contribution in [0, 0.1) is 0 Å². The fourth-order valence-corrected chi connectivity index (χ4v) is 2.65. The van der Waals surface area contributed by atoms with Crippen LogP contribution in [0.1, 0.15) is 51.0 Å². The van der Waals surface area contributed by atoms with Crippen molar-refractivity contribution in [2.45, 2.75) is 58.0 Å². The lowest BCUT2D eigenvalue weighted by Gasteiger charge is -2.17. The van der Waals surface area contributed by atoms with Crippen LogP contribution in [0.3, 0.4) is 0 Å². The Morgan fingerprint density at radius 2 is 1.70 bits per heavy atom. The van der Waals surface area contributed by atoms with Crippen LogP contribution in [-0.4, -0.2) is 49.6 Å². The number of hydrogen-bond donors (Lipinski definition) is 1. The fourth-order valence-electron chi connectivity index (χ4n) is 2.65. The van der Waals surface area contributed by atoms with Gasteiger partial charge in [-0.25, -0.2) is 0 Å². The lowest BCUT2D eigenvalue weighted by atomic mass is 10.0. The van der Waals surface area contributed by atoms with E-state index in [0.29, 0.717) is 32.7 Å². The molecule has 152 valence electrons. The Morgan fingerprint density at radius 3 is 2.41 bits per heavy atom. The molecule has 0 radical (unpaired) electrons. The smallest absolute Gasteiger partial charge is 0.305 e. The molecule has 0 spiro atoms. The highest BCUT2D eigenvalue weighted by atomic mass is 16.6. The third-order valence-electron chi connectivity index (χ3n) is 4.01. The summed E-state index contributed by atoms with van der Waals surface area (Å²) in [4.78, 5) is 21.8. The first-order valence-corrected chi connectivity index (χ1v) is 9.72. The van der Waals surface area contributed by atoms with Crippen molar-refractivity contribution in [3.63, 3.8) is 0 Å². The Bertz CT molecular complexity index is 517. The molecule has 0 aromatic heterocycles. The number of carbonyl (C=O) groups excluding carboxylic acids is 1. The number of carboxylic acid groups (broad SMARTS) is 1. The second kappa shape index (κ2) is 15.2. The molecule has 27 heavy (non-hydrogen) atoms. The molecule has 1 atom stereocenters. The minimum absolute atomic E-state index is 0.0830. The molecule has 0 aliphatic rings. The number of carbonyl (C=O) groups is 2. The summed E-state index contributed by atoms with van der Waals surface area (Å²) < 4.78 is 16.4. The van der Waals surface area contributed by atoms with E-state index in [4.69, 9.17) is 19.3 Å². The maximum absolute atomic E-state index is 11.5. The van der Waals surface area contributed by atoms with E-state index in [1.54, 1.807) is 0 Å². The van der Waals surface area contributed by atoms with Gasteiger partial charge in [-0.05, 0) is 31.2 Å². The van der Waals surface area contributed by atoms with Crippen LogP contribution in [0.5, 0.6) is 0 Å². The summed E-state index contributed by atoms with van der Waals surface area (Å²) >= 11 is 0. The summed E-state index contributed by atoms with van der Waals surface area (Å²) in [5, 5.41) is 8.52. The largest absolute Gasteiger partial charge is 0.481 e. The van der Waals surface area contributed by atoms with Gasteiger partial charge in [-0.2, -0.15) is 0 Å². The molecule has 0 saturated carbocycles. The lowest BCUT2D eigenvalue weighted by Crippen LogP contribution is -2.20. The van der Waals surface area contributed by atoms with E-state index in [2.05, 4.69) is 19.1 Å². The standard InChI is InChI=1S/C21H32O6/c1-2-8-19(17-18-9-4-3-5-10-18)26-15-13-25-14-16-27-21(24)12-7-6-11-20(22)23/h3-5,9-10,19H,2,6-8,11-17H2,1H3,(H,22,23). The van der Waals surface area contributed by atoms with Gasteiger partial charge in [-0.3, -0.25) is 9.59 Å². The van der Waals surface area contributed by atoms with Gasteiger partial charge in [0.05, 0.1) is 25.9 Å². The second-order valence-corrected chi connectivity index (χ2v) is 6.40. The molecule has 1 unspecified atom stereocenters. The summed E-state index contributed by atoms with van der Waals surface area (Å²) in [6, 6.07) is 10.3. The van der Waals surface area contributed by atoms with Gasteiger partial charge in [0, 0.05) is 12.8 Å². The number of unbranched alkanes of at least 4 members (excludes halogenated alkanes) is 1. The minimum atomic E-state index is -0.844. The number of aliphatic carboxylic acids is 1. The Labute approximate surface area is 161 Å². The van der Waals surface area contributed by atoms with Crippen LogP contribution in [-0.2, 0) is 30.2 Å². The zero-order valence-electron chi connectivity index (χ0n) is 16.2. The topological polar surface area (TPSA) is 82.1 Å². The molecular weight excluding hydrogens is 348 g/mol. The van der Waals surface area contributed by atoms with Crippen LogP contribution < -0.4 is 0 Å². The SMILES string of the molecule is CCCC(Cc1ccccc1)OCCOCCOC(=O)CCCCC(=O)O. The molecule has 0 aliphatic carbocycles. The van der Waals surface area contributed by atoms with Crippen molar-refractivity contribution in [1.29, 1.82) is 0 Å². The van der Waals surface area contributed by atoms with Gasteiger partial charge < -0.3 is 19.3 Å². The molecule has 0 aliphatic heterocycles. The molecule has 1 aromatic rings. The normalized spacial score (nSPS) is 11.9. The zero-order chi connectivity index (χ0) is 19.7. The molecule has 6 nitrogen and oxygen atoms in total. The number of hydrogen-bond acceptors (Lipinski definition) is 5. The number of ether oxygens (including phenoxy) is 3. The third kappa shape index (κ3) is 13.0. The highest BCUT2D eigenvalue weighted by Crippen LogP contribution is 2.11. The third-order valence-corrected chi connectivity index (χ3v) is 4.01. The van der Waals surface area contributed by atoms with Crippen LogP contribution in [0.25, 0.3) is 0 Å². The predicted octanol–water partition coefficient (Wildman–Crippen LogP) is 3.62. The molecule has 0 amide bonds. The monoisotopic (exact) mass is 380 g/mol. The van der Waals surface area contributed by atoms with Crippen molar-refractivity contribution < 1.29 is 28.9 Å². The van der Waals surface area contributed by atoms with E-state index in [1.165, 1.54) is 5.56 Å². The first kappa shape index (κ1) is 23.1. The summed E-state index contributed by atoms with van der Waals surface area (Å²) in [7, 11) is 0. The first-order chi connectivity index (χ1) is 13.1. The average Bonchev–Trinajstić information content (AvgIpc) is 2.65. The Morgan fingerprint density at radius 1 is 1.00 bits per heavy atom. The van der Waals surface area contributed by atoms with Crippen molar-refractivity contribution in [1.82, 2.24) is 0 Å². The molecule has 0 saturated heterocycles.